The molecular formula is C16H24N2O2. The van der Waals surface area contributed by atoms with Gasteiger partial charge in [-0.05, 0) is 43.4 Å². The molecule has 1 unspecified atom stereocenters. The van der Waals surface area contributed by atoms with Crippen LogP contribution in [0.15, 0.2) is 24.3 Å². The normalized spacial score (nSPS) is 18.1. The van der Waals surface area contributed by atoms with Gasteiger partial charge >= 0.3 is 0 Å². The molecule has 1 atom stereocenters. The molecule has 1 heterocycles. The molecular weight excluding hydrogens is 252 g/mol. The fourth-order valence-corrected chi connectivity index (χ4v) is 2.44. The molecule has 110 valence electrons. The summed E-state index contributed by atoms with van der Waals surface area (Å²) in [6.45, 7) is 2.11. The fourth-order valence-electron chi connectivity index (χ4n) is 2.44. The van der Waals surface area contributed by atoms with Crippen molar-refractivity contribution in [2.45, 2.75) is 44.8 Å². The van der Waals surface area contributed by atoms with E-state index in [1.165, 1.54) is 5.56 Å². The van der Waals surface area contributed by atoms with Gasteiger partial charge in [0.25, 0.3) is 0 Å². The van der Waals surface area contributed by atoms with Crippen molar-refractivity contribution in [2.24, 2.45) is 5.73 Å². The SMILES string of the molecule is NCCc1ccc(CNC(=O)CCC2CCCO2)cc1. The standard InChI is InChI=1S/C16H24N2O2/c17-10-9-13-3-5-14(6-4-13)12-18-16(19)8-7-15-2-1-11-20-15/h3-6,15H,1-2,7-12,17H2,(H,18,19). The molecule has 4 nitrogen and oxygen atoms in total. The van der Waals surface area contributed by atoms with Crippen molar-refractivity contribution in [3.05, 3.63) is 35.4 Å². The Morgan fingerprint density at radius 1 is 1.30 bits per heavy atom. The van der Waals surface area contributed by atoms with Gasteiger partial charge in [-0.15, -0.1) is 0 Å². The van der Waals surface area contributed by atoms with Gasteiger partial charge in [0.2, 0.25) is 5.91 Å². The second-order valence-corrected chi connectivity index (χ2v) is 5.31. The largest absolute Gasteiger partial charge is 0.378 e. The van der Waals surface area contributed by atoms with Crippen molar-refractivity contribution >= 4 is 5.91 Å². The lowest BCUT2D eigenvalue weighted by atomic mass is 10.1. The van der Waals surface area contributed by atoms with Gasteiger partial charge in [0.1, 0.15) is 0 Å². The third-order valence-corrected chi connectivity index (χ3v) is 3.66. The summed E-state index contributed by atoms with van der Waals surface area (Å²) in [5, 5.41) is 2.96. The Balaban J connectivity index is 1.66. The van der Waals surface area contributed by atoms with Crippen LogP contribution in [0.5, 0.6) is 0 Å². The quantitative estimate of drug-likeness (QED) is 0.797. The Labute approximate surface area is 120 Å². The molecule has 0 radical (unpaired) electrons. The first kappa shape index (κ1) is 15.0. The molecule has 0 aliphatic carbocycles. The van der Waals surface area contributed by atoms with Gasteiger partial charge in [0.15, 0.2) is 0 Å². The zero-order valence-corrected chi connectivity index (χ0v) is 11.9. The maximum absolute atomic E-state index is 11.8. The van der Waals surface area contributed by atoms with Crippen LogP contribution in [-0.2, 0) is 22.5 Å². The van der Waals surface area contributed by atoms with Crippen LogP contribution in [0.25, 0.3) is 0 Å². The lowest BCUT2D eigenvalue weighted by Gasteiger charge is -2.09. The lowest BCUT2D eigenvalue weighted by Crippen LogP contribution is -2.23. The molecule has 0 saturated carbocycles. The van der Waals surface area contributed by atoms with E-state index >= 15 is 0 Å². The van der Waals surface area contributed by atoms with Gasteiger partial charge in [-0.25, -0.2) is 0 Å². The van der Waals surface area contributed by atoms with Crippen molar-refractivity contribution in [2.75, 3.05) is 13.2 Å². The van der Waals surface area contributed by atoms with Crippen molar-refractivity contribution in [1.29, 1.82) is 0 Å². The summed E-state index contributed by atoms with van der Waals surface area (Å²) in [6.07, 6.45) is 4.79. The van der Waals surface area contributed by atoms with Crippen LogP contribution in [0.4, 0.5) is 0 Å². The Bertz CT molecular complexity index is 411. The number of rotatable bonds is 7. The van der Waals surface area contributed by atoms with Crippen molar-refractivity contribution in [1.82, 2.24) is 5.32 Å². The maximum atomic E-state index is 11.8. The minimum Gasteiger partial charge on any atom is -0.378 e. The summed E-state index contributed by atoms with van der Waals surface area (Å²) in [7, 11) is 0. The average molecular weight is 276 g/mol. The maximum Gasteiger partial charge on any atom is 0.220 e. The molecule has 1 saturated heterocycles. The van der Waals surface area contributed by atoms with Crippen LogP contribution in [0.2, 0.25) is 0 Å². The number of ether oxygens (including phenoxy) is 1. The van der Waals surface area contributed by atoms with E-state index in [4.69, 9.17) is 10.5 Å². The molecule has 1 aromatic rings. The van der Waals surface area contributed by atoms with Crippen LogP contribution in [0.3, 0.4) is 0 Å². The van der Waals surface area contributed by atoms with Gasteiger partial charge in [-0.3, -0.25) is 4.79 Å². The molecule has 3 N–H and O–H groups in total. The van der Waals surface area contributed by atoms with Crippen molar-refractivity contribution < 1.29 is 9.53 Å². The van der Waals surface area contributed by atoms with Crippen LogP contribution in [0.1, 0.15) is 36.8 Å². The highest BCUT2D eigenvalue weighted by Crippen LogP contribution is 2.16. The molecule has 1 fully saturated rings. The first-order valence-electron chi connectivity index (χ1n) is 7.44. The predicted octanol–water partition coefficient (Wildman–Crippen LogP) is 1.76. The molecule has 20 heavy (non-hydrogen) atoms. The number of amides is 1. The van der Waals surface area contributed by atoms with E-state index < -0.39 is 0 Å². The minimum absolute atomic E-state index is 0.103. The first-order chi connectivity index (χ1) is 9.78. The molecule has 1 aromatic carbocycles. The highest BCUT2D eigenvalue weighted by molar-refractivity contribution is 5.75. The van der Waals surface area contributed by atoms with Crippen molar-refractivity contribution in [3.63, 3.8) is 0 Å². The molecule has 2 rings (SSSR count). The number of benzene rings is 1. The summed E-state index contributed by atoms with van der Waals surface area (Å²) in [6, 6.07) is 8.23. The highest BCUT2D eigenvalue weighted by Gasteiger charge is 2.16. The van der Waals surface area contributed by atoms with E-state index in [0.717, 1.165) is 37.9 Å². The second kappa shape index (κ2) is 8.02. The average Bonchev–Trinajstić information content (AvgIpc) is 2.98. The van der Waals surface area contributed by atoms with E-state index in [9.17, 15) is 4.79 Å². The van der Waals surface area contributed by atoms with Gasteiger partial charge in [0.05, 0.1) is 6.10 Å². The van der Waals surface area contributed by atoms with Crippen LogP contribution in [-0.4, -0.2) is 25.2 Å². The van der Waals surface area contributed by atoms with E-state index in [-0.39, 0.29) is 12.0 Å². The second-order valence-electron chi connectivity index (χ2n) is 5.31. The molecule has 1 aliphatic rings. The van der Waals surface area contributed by atoms with Gasteiger partial charge < -0.3 is 15.8 Å². The summed E-state index contributed by atoms with van der Waals surface area (Å²) in [5.41, 5.74) is 7.87. The number of nitrogens with two attached hydrogens (primary N) is 1. The monoisotopic (exact) mass is 276 g/mol. The smallest absolute Gasteiger partial charge is 0.220 e. The zero-order valence-electron chi connectivity index (χ0n) is 11.9. The summed E-state index contributed by atoms with van der Waals surface area (Å²) in [4.78, 5) is 11.8. The Kier molecular flexibility index (Phi) is 6.02. The summed E-state index contributed by atoms with van der Waals surface area (Å²) in [5.74, 6) is 0.103. The number of hydrogen-bond acceptors (Lipinski definition) is 3. The van der Waals surface area contributed by atoms with Gasteiger partial charge in [-0.1, -0.05) is 24.3 Å². The molecule has 0 spiro atoms. The fraction of sp³-hybridized carbons (Fsp3) is 0.562. The van der Waals surface area contributed by atoms with Crippen LogP contribution < -0.4 is 11.1 Å². The number of hydrogen-bond donors (Lipinski definition) is 2. The van der Waals surface area contributed by atoms with Gasteiger partial charge in [-0.2, -0.15) is 0 Å². The molecule has 4 heteroatoms. The lowest BCUT2D eigenvalue weighted by molar-refractivity contribution is -0.121. The van der Waals surface area contributed by atoms with E-state index in [1.807, 2.05) is 12.1 Å². The van der Waals surface area contributed by atoms with E-state index in [2.05, 4.69) is 17.4 Å². The first-order valence-corrected chi connectivity index (χ1v) is 7.44. The third kappa shape index (κ3) is 4.94. The Morgan fingerprint density at radius 2 is 2.05 bits per heavy atom. The number of nitrogens with one attached hydrogen (secondary N) is 1. The minimum atomic E-state index is 0.103. The topological polar surface area (TPSA) is 64.3 Å². The molecule has 0 aromatic heterocycles. The highest BCUT2D eigenvalue weighted by atomic mass is 16.5. The summed E-state index contributed by atoms with van der Waals surface area (Å²) >= 11 is 0. The Morgan fingerprint density at radius 3 is 2.70 bits per heavy atom. The van der Waals surface area contributed by atoms with Crippen molar-refractivity contribution in [3.8, 4) is 0 Å². The van der Waals surface area contributed by atoms with Crippen LogP contribution >= 0.6 is 0 Å². The molecule has 1 aliphatic heterocycles. The number of carbonyl (C=O) groups is 1. The number of carbonyl (C=O) groups excluding carboxylic acids is 1. The molecule has 0 bridgehead atoms. The predicted molar refractivity (Wildman–Crippen MR) is 79.3 cm³/mol. The third-order valence-electron chi connectivity index (χ3n) is 3.66. The van der Waals surface area contributed by atoms with Crippen LogP contribution in [0, 0.1) is 0 Å². The molecule has 1 amide bonds. The van der Waals surface area contributed by atoms with Gasteiger partial charge in [0, 0.05) is 19.6 Å². The van der Waals surface area contributed by atoms with E-state index in [1.54, 1.807) is 0 Å². The van der Waals surface area contributed by atoms with E-state index in [0.29, 0.717) is 19.5 Å². The zero-order chi connectivity index (χ0) is 14.2. The summed E-state index contributed by atoms with van der Waals surface area (Å²) < 4.78 is 5.51. The Hall–Kier alpha value is -1.39.